The average Bonchev–Trinajstić information content (AvgIpc) is 2.52. The Bertz CT molecular complexity index is 664. The van der Waals surface area contributed by atoms with Crippen molar-refractivity contribution in [2.24, 2.45) is 0 Å². The third-order valence-electron chi connectivity index (χ3n) is 1.30. The summed E-state index contributed by atoms with van der Waals surface area (Å²) < 4.78 is 86.1. The van der Waals surface area contributed by atoms with Crippen LogP contribution in [-0.2, 0) is 0 Å². The van der Waals surface area contributed by atoms with Gasteiger partial charge in [-0.25, -0.2) is 0 Å². The van der Waals surface area contributed by atoms with Crippen molar-refractivity contribution >= 4 is 33.2 Å². The molecule has 0 saturated carbocycles. The van der Waals surface area contributed by atoms with Crippen LogP contribution in [-0.4, -0.2) is 13.0 Å². The van der Waals surface area contributed by atoms with Crippen molar-refractivity contribution < 1.29 is 15.1 Å². The Hall–Kier alpha value is -0.210. The first-order valence-corrected chi connectivity index (χ1v) is 4.47. The molecule has 1 aromatic rings. The first kappa shape index (κ1) is 2.89. The number of rotatable bonds is 1. The van der Waals surface area contributed by atoms with E-state index in [1.165, 1.54) is 0 Å². The fourth-order valence-corrected chi connectivity index (χ4v) is 1.50. The Morgan fingerprint density at radius 3 is 2.77 bits per heavy atom. The van der Waals surface area contributed by atoms with E-state index in [-0.39, 0.29) is 9.37 Å². The van der Waals surface area contributed by atoms with E-state index in [2.05, 4.69) is 15.9 Å². The molecule has 0 spiro atoms. The van der Waals surface area contributed by atoms with Crippen LogP contribution in [0.15, 0.2) is 22.6 Å². The van der Waals surface area contributed by atoms with Crippen LogP contribution >= 0.6 is 27.5 Å². The Kier molecular flexibility index (Phi) is 0.865. The van der Waals surface area contributed by atoms with E-state index in [0.29, 0.717) is 0 Å². The third-order valence-corrected chi connectivity index (χ3v) is 1.88. The van der Waals surface area contributed by atoms with Crippen LogP contribution < -0.4 is 4.90 Å². The van der Waals surface area contributed by atoms with Gasteiger partial charge in [0.2, 0.25) is 0 Å². The van der Waals surface area contributed by atoms with Crippen molar-refractivity contribution in [2.45, 2.75) is 12.7 Å². The first-order valence-electron chi connectivity index (χ1n) is 8.80. The highest BCUT2D eigenvalue weighted by molar-refractivity contribution is 9.10. The zero-order chi connectivity index (χ0) is 19.0. The van der Waals surface area contributed by atoms with Gasteiger partial charge >= 0.3 is 0 Å². The number of hydrogen-bond acceptors (Lipinski definition) is 1. The van der Waals surface area contributed by atoms with Gasteiger partial charge in [-0.15, -0.1) is 0 Å². The molecular formula is C10H11BrClN. The molecule has 2 rings (SSSR count). The van der Waals surface area contributed by atoms with Crippen molar-refractivity contribution in [1.82, 2.24) is 0 Å². The molecule has 70 valence electrons. The van der Waals surface area contributed by atoms with Gasteiger partial charge in [-0.3, -0.25) is 0 Å². The molecule has 1 aromatic carbocycles. The number of halogens is 2. The van der Waals surface area contributed by atoms with Crippen LogP contribution in [0.3, 0.4) is 0 Å². The highest BCUT2D eigenvalue weighted by Gasteiger charge is 2.12. The zero-order valence-corrected chi connectivity index (χ0v) is 8.55. The highest BCUT2D eigenvalue weighted by Crippen LogP contribution is 2.27. The van der Waals surface area contributed by atoms with Gasteiger partial charge in [0.1, 0.15) is 0 Å². The summed E-state index contributed by atoms with van der Waals surface area (Å²) in [5.41, 5.74) is -0.733. The van der Waals surface area contributed by atoms with Gasteiger partial charge in [0.25, 0.3) is 0 Å². The summed E-state index contributed by atoms with van der Waals surface area (Å²) in [6, 6.07) is -1.84. The summed E-state index contributed by atoms with van der Waals surface area (Å²) in [5, 5.41) is -0.493. The normalized spacial score (nSPS) is 44.5. The number of anilines is 1. The second-order valence-electron chi connectivity index (χ2n) is 2.16. The van der Waals surface area contributed by atoms with E-state index in [1.807, 2.05) is 0 Å². The van der Waals surface area contributed by atoms with Gasteiger partial charge in [0.05, 0.1) is 4.11 Å². The lowest BCUT2D eigenvalue weighted by Crippen LogP contribution is -2.17. The summed E-state index contributed by atoms with van der Waals surface area (Å²) in [6.07, 6.45) is -6.58. The lowest BCUT2D eigenvalue weighted by Gasteiger charge is -2.17. The second kappa shape index (κ2) is 3.89. The molecule has 0 unspecified atom stereocenters. The fraction of sp³-hybridized carbons (Fsp3) is 0.400. The topological polar surface area (TPSA) is 3.24 Å². The molecule has 0 amide bonds. The molecular weight excluding hydrogens is 249 g/mol. The molecule has 0 aliphatic carbocycles. The maximum absolute atomic E-state index is 7.99. The summed E-state index contributed by atoms with van der Waals surface area (Å²) in [4.78, 5) is 0.0980. The molecule has 13 heavy (non-hydrogen) atoms. The van der Waals surface area contributed by atoms with Gasteiger partial charge in [-0.05, 0) is 30.9 Å². The van der Waals surface area contributed by atoms with Crippen molar-refractivity contribution in [1.29, 1.82) is 0 Å². The Labute approximate surface area is 107 Å². The van der Waals surface area contributed by atoms with Crippen LogP contribution in [0.2, 0.25) is 5.02 Å². The minimum absolute atomic E-state index is 0.0980. The lowest BCUT2D eigenvalue weighted by atomic mass is 10.3. The Morgan fingerprint density at radius 2 is 2.08 bits per heavy atom. The maximum atomic E-state index is 7.99. The van der Waals surface area contributed by atoms with Crippen LogP contribution in [0.1, 0.15) is 27.8 Å². The van der Waals surface area contributed by atoms with Crippen molar-refractivity contribution in [2.75, 3.05) is 17.9 Å². The van der Waals surface area contributed by atoms with Crippen LogP contribution in [0.5, 0.6) is 0 Å². The monoisotopic (exact) mass is 270 g/mol. The predicted molar refractivity (Wildman–Crippen MR) is 60.6 cm³/mol. The van der Waals surface area contributed by atoms with E-state index in [4.69, 9.17) is 26.7 Å². The molecule has 1 aliphatic rings. The van der Waals surface area contributed by atoms with E-state index in [1.54, 1.807) is 0 Å². The third kappa shape index (κ3) is 2.18. The van der Waals surface area contributed by atoms with Crippen LogP contribution in [0.4, 0.5) is 5.69 Å². The number of nitrogens with zero attached hydrogens (tertiary/aromatic N) is 1. The summed E-state index contributed by atoms with van der Waals surface area (Å²) in [5.74, 6) is 0. The van der Waals surface area contributed by atoms with E-state index in [0.717, 1.165) is 0 Å². The van der Waals surface area contributed by atoms with Crippen molar-refractivity contribution in [3.8, 4) is 0 Å². The largest absolute Gasteiger partial charge is 0.371 e. The summed E-state index contributed by atoms with van der Waals surface area (Å²) >= 11 is 8.71. The fourth-order valence-electron chi connectivity index (χ4n) is 0.817. The Balaban J connectivity index is 2.92. The van der Waals surface area contributed by atoms with Crippen LogP contribution in [0, 0.1) is 0 Å². The number of hydrogen-bond donors (Lipinski definition) is 0. The Morgan fingerprint density at radius 1 is 1.38 bits per heavy atom. The average molecular weight is 272 g/mol. The van der Waals surface area contributed by atoms with Gasteiger partial charge in [-0.2, -0.15) is 0 Å². The highest BCUT2D eigenvalue weighted by atomic mass is 79.9. The quantitative estimate of drug-likeness (QED) is 0.753. The molecule has 1 heterocycles. The molecule has 1 saturated heterocycles. The molecule has 0 bridgehead atoms. The molecule has 0 N–H and O–H groups in total. The van der Waals surface area contributed by atoms with Gasteiger partial charge in [0, 0.05) is 39.1 Å². The molecule has 1 fully saturated rings. The SMILES string of the molecule is [2H]c1c(Cl)c([2H])c(N2C([2H])([2H])C([2H])([2H])C([2H])([2H])C2([2H])[2H])c([2H])c1Br. The van der Waals surface area contributed by atoms with Gasteiger partial charge in [-0.1, -0.05) is 27.5 Å². The van der Waals surface area contributed by atoms with E-state index in [9.17, 15) is 0 Å². The maximum Gasteiger partial charge on any atom is 0.0660 e. The number of benzene rings is 1. The molecule has 0 aromatic heterocycles. The summed E-state index contributed by atoms with van der Waals surface area (Å²) in [6.45, 7) is -6.45. The van der Waals surface area contributed by atoms with E-state index >= 15 is 0 Å². The second-order valence-corrected chi connectivity index (χ2v) is 3.33. The van der Waals surface area contributed by atoms with Gasteiger partial charge in [0.15, 0.2) is 0 Å². The van der Waals surface area contributed by atoms with Crippen molar-refractivity contribution in [3.05, 3.63) is 27.6 Å². The van der Waals surface area contributed by atoms with Crippen LogP contribution in [0.25, 0.3) is 0 Å². The standard InChI is InChI=1S/C10H11BrClN/c11-8-5-9(12)7-10(6-8)13-3-1-2-4-13/h5-7H,1-4H2/i1D2,2D2,3D2,4D2,5D,6D,7D. The zero-order valence-electron chi connectivity index (χ0n) is 17.2. The van der Waals surface area contributed by atoms with Crippen molar-refractivity contribution in [3.63, 3.8) is 0 Å². The smallest absolute Gasteiger partial charge is 0.0660 e. The molecule has 0 radical (unpaired) electrons. The molecule has 3 heteroatoms. The van der Waals surface area contributed by atoms with E-state index < -0.39 is 54.6 Å². The molecule has 1 aliphatic heterocycles. The molecule has 1 nitrogen and oxygen atoms in total. The lowest BCUT2D eigenvalue weighted by molar-refractivity contribution is 0.949. The predicted octanol–water partition coefficient (Wildman–Crippen LogP) is 3.70. The minimum atomic E-state index is -3.29. The van der Waals surface area contributed by atoms with Gasteiger partial charge < -0.3 is 4.90 Å². The minimum Gasteiger partial charge on any atom is -0.371 e. The first-order chi connectivity index (χ1) is 10.5. The summed E-state index contributed by atoms with van der Waals surface area (Å²) in [7, 11) is 0. The molecule has 0 atom stereocenters.